The molecule has 1 heterocycles. The lowest BCUT2D eigenvalue weighted by atomic mass is 10.2. The number of ether oxygens (including phenoxy) is 1. The van der Waals surface area contributed by atoms with Crippen LogP contribution in [0.15, 0.2) is 48.5 Å². The Bertz CT molecular complexity index is 713. The second kappa shape index (κ2) is 8.12. The van der Waals surface area contributed by atoms with E-state index in [2.05, 4.69) is 41.4 Å². The summed E-state index contributed by atoms with van der Waals surface area (Å²) < 4.78 is 5.50. The lowest BCUT2D eigenvalue weighted by molar-refractivity contribution is 0.181. The van der Waals surface area contributed by atoms with Gasteiger partial charge in [-0.15, -0.1) is 0 Å². The van der Waals surface area contributed by atoms with Crippen molar-refractivity contribution in [1.29, 1.82) is 0 Å². The number of carbonyl (C=O) groups is 1. The zero-order valence-electron chi connectivity index (χ0n) is 14.2. The molecule has 1 fully saturated rings. The molecule has 0 unspecified atom stereocenters. The summed E-state index contributed by atoms with van der Waals surface area (Å²) in [5.74, 6) is 0.675. The fourth-order valence-electron chi connectivity index (χ4n) is 2.82. The zero-order chi connectivity index (χ0) is 17.6. The van der Waals surface area contributed by atoms with E-state index in [9.17, 15) is 4.79 Å². The summed E-state index contributed by atoms with van der Waals surface area (Å²) in [7, 11) is 0. The fourth-order valence-corrected chi connectivity index (χ4v) is 2.94. The molecule has 1 N–H and O–H groups in total. The van der Waals surface area contributed by atoms with E-state index in [1.165, 1.54) is 11.3 Å². The average molecular weight is 360 g/mol. The van der Waals surface area contributed by atoms with Crippen molar-refractivity contribution in [3.8, 4) is 5.75 Å². The summed E-state index contributed by atoms with van der Waals surface area (Å²) in [5, 5.41) is 3.45. The Hall–Kier alpha value is -2.40. The molecule has 5 nitrogen and oxygen atoms in total. The van der Waals surface area contributed by atoms with Gasteiger partial charge in [-0.2, -0.15) is 0 Å². The third-order valence-electron chi connectivity index (χ3n) is 4.21. The monoisotopic (exact) mass is 359 g/mol. The molecule has 0 spiro atoms. The molecule has 6 heteroatoms. The summed E-state index contributed by atoms with van der Waals surface area (Å²) in [6.45, 7) is 5.28. The van der Waals surface area contributed by atoms with Gasteiger partial charge < -0.3 is 19.9 Å². The lowest BCUT2D eigenvalue weighted by Gasteiger charge is -2.36. The molecular weight excluding hydrogens is 338 g/mol. The molecule has 2 aromatic carbocycles. The molecule has 2 aromatic rings. The predicted octanol–water partition coefficient (Wildman–Crippen LogP) is 3.52. The highest BCUT2D eigenvalue weighted by Gasteiger charge is 2.21. The molecule has 132 valence electrons. The Morgan fingerprint density at radius 3 is 2.52 bits per heavy atom. The molecule has 1 saturated heterocycles. The Kier molecular flexibility index (Phi) is 5.66. The van der Waals surface area contributed by atoms with Gasteiger partial charge >= 0.3 is 6.03 Å². The minimum absolute atomic E-state index is 0.0992. The molecule has 2 amide bonds. The van der Waals surface area contributed by atoms with Gasteiger partial charge in [-0.25, -0.2) is 4.79 Å². The molecule has 0 aliphatic carbocycles. The van der Waals surface area contributed by atoms with Gasteiger partial charge in [0.25, 0.3) is 0 Å². The van der Waals surface area contributed by atoms with Crippen LogP contribution in [0.25, 0.3) is 0 Å². The highest BCUT2D eigenvalue weighted by Crippen LogP contribution is 2.18. The molecule has 0 radical (unpaired) electrons. The first-order chi connectivity index (χ1) is 12.1. The predicted molar refractivity (Wildman–Crippen MR) is 100 cm³/mol. The third kappa shape index (κ3) is 4.79. The SMILES string of the molecule is Cc1cccc(N2CCN(C(=O)NCOc3ccc(Cl)cc3)CC2)c1. The number of hydrogen-bond donors (Lipinski definition) is 1. The molecule has 0 saturated carbocycles. The first-order valence-electron chi connectivity index (χ1n) is 8.34. The number of halogens is 1. The van der Waals surface area contributed by atoms with Crippen molar-refractivity contribution in [3.63, 3.8) is 0 Å². The van der Waals surface area contributed by atoms with Crippen LogP contribution in [0, 0.1) is 6.92 Å². The van der Waals surface area contributed by atoms with Gasteiger partial charge in [-0.05, 0) is 48.9 Å². The minimum atomic E-state index is -0.0992. The number of rotatable bonds is 4. The summed E-state index contributed by atoms with van der Waals surface area (Å²) in [4.78, 5) is 16.4. The van der Waals surface area contributed by atoms with E-state index in [0.29, 0.717) is 23.9 Å². The quantitative estimate of drug-likeness (QED) is 0.849. The van der Waals surface area contributed by atoms with E-state index in [-0.39, 0.29) is 12.8 Å². The number of nitrogens with zero attached hydrogens (tertiary/aromatic N) is 2. The van der Waals surface area contributed by atoms with Crippen LogP contribution < -0.4 is 15.0 Å². The summed E-state index contributed by atoms with van der Waals surface area (Å²) >= 11 is 5.83. The summed E-state index contributed by atoms with van der Waals surface area (Å²) in [6, 6.07) is 15.4. The van der Waals surface area contributed by atoms with Crippen molar-refractivity contribution < 1.29 is 9.53 Å². The van der Waals surface area contributed by atoms with Crippen LogP contribution in [0.2, 0.25) is 5.02 Å². The van der Waals surface area contributed by atoms with E-state index < -0.39 is 0 Å². The van der Waals surface area contributed by atoms with Crippen molar-refractivity contribution in [2.24, 2.45) is 0 Å². The van der Waals surface area contributed by atoms with E-state index in [4.69, 9.17) is 16.3 Å². The number of aryl methyl sites for hydroxylation is 1. The topological polar surface area (TPSA) is 44.8 Å². The van der Waals surface area contributed by atoms with Crippen LogP contribution in [0.4, 0.5) is 10.5 Å². The first-order valence-corrected chi connectivity index (χ1v) is 8.72. The molecule has 3 rings (SSSR count). The van der Waals surface area contributed by atoms with Gasteiger partial charge in [0, 0.05) is 36.9 Å². The van der Waals surface area contributed by atoms with Crippen LogP contribution in [0.5, 0.6) is 5.75 Å². The average Bonchev–Trinajstić information content (AvgIpc) is 2.63. The summed E-state index contributed by atoms with van der Waals surface area (Å²) in [6.07, 6.45) is 0. The number of carbonyl (C=O) groups excluding carboxylic acids is 1. The molecule has 0 atom stereocenters. The van der Waals surface area contributed by atoms with Crippen molar-refractivity contribution >= 4 is 23.3 Å². The van der Waals surface area contributed by atoms with Crippen LogP contribution >= 0.6 is 11.6 Å². The number of benzene rings is 2. The smallest absolute Gasteiger partial charge is 0.320 e. The van der Waals surface area contributed by atoms with Crippen molar-refractivity contribution in [2.45, 2.75) is 6.92 Å². The zero-order valence-corrected chi connectivity index (χ0v) is 15.0. The fraction of sp³-hybridized carbons (Fsp3) is 0.316. The van der Waals surface area contributed by atoms with Crippen molar-refractivity contribution in [2.75, 3.05) is 37.8 Å². The highest BCUT2D eigenvalue weighted by molar-refractivity contribution is 6.30. The number of hydrogen-bond acceptors (Lipinski definition) is 3. The van der Waals surface area contributed by atoms with Crippen LogP contribution in [0.1, 0.15) is 5.56 Å². The van der Waals surface area contributed by atoms with Crippen LogP contribution in [-0.4, -0.2) is 43.8 Å². The molecule has 1 aliphatic heterocycles. The normalized spacial score (nSPS) is 14.3. The van der Waals surface area contributed by atoms with E-state index >= 15 is 0 Å². The maximum absolute atomic E-state index is 12.2. The molecule has 0 bridgehead atoms. The second-order valence-corrected chi connectivity index (χ2v) is 6.47. The number of urea groups is 1. The van der Waals surface area contributed by atoms with Gasteiger partial charge in [0.1, 0.15) is 5.75 Å². The lowest BCUT2D eigenvalue weighted by Crippen LogP contribution is -2.52. The van der Waals surface area contributed by atoms with Crippen molar-refractivity contribution in [3.05, 3.63) is 59.1 Å². The van der Waals surface area contributed by atoms with Gasteiger partial charge in [0.15, 0.2) is 6.73 Å². The van der Waals surface area contributed by atoms with Gasteiger partial charge in [0.2, 0.25) is 0 Å². The van der Waals surface area contributed by atoms with Crippen molar-refractivity contribution in [1.82, 2.24) is 10.2 Å². The number of anilines is 1. The Morgan fingerprint density at radius 1 is 1.12 bits per heavy atom. The molecular formula is C19H22ClN3O2. The first kappa shape index (κ1) is 17.4. The largest absolute Gasteiger partial charge is 0.473 e. The standard InChI is InChI=1S/C19H22ClN3O2/c1-15-3-2-4-17(13-15)22-9-11-23(12-10-22)19(24)21-14-25-18-7-5-16(20)6-8-18/h2-8,13H,9-12,14H2,1H3,(H,21,24). The molecule has 1 aliphatic rings. The minimum Gasteiger partial charge on any atom is -0.473 e. The van der Waals surface area contributed by atoms with E-state index in [1.54, 1.807) is 24.3 Å². The molecule has 25 heavy (non-hydrogen) atoms. The number of amides is 2. The van der Waals surface area contributed by atoms with Crippen LogP contribution in [0.3, 0.4) is 0 Å². The van der Waals surface area contributed by atoms with E-state index in [0.717, 1.165) is 13.1 Å². The maximum Gasteiger partial charge on any atom is 0.320 e. The van der Waals surface area contributed by atoms with Gasteiger partial charge in [0.05, 0.1) is 0 Å². The van der Waals surface area contributed by atoms with Crippen LogP contribution in [-0.2, 0) is 0 Å². The van der Waals surface area contributed by atoms with E-state index in [1.807, 2.05) is 4.90 Å². The second-order valence-electron chi connectivity index (χ2n) is 6.04. The highest BCUT2D eigenvalue weighted by atomic mass is 35.5. The number of piperazine rings is 1. The number of nitrogens with one attached hydrogen (secondary N) is 1. The maximum atomic E-state index is 12.2. The van der Waals surface area contributed by atoms with Gasteiger partial charge in [-0.3, -0.25) is 0 Å². The summed E-state index contributed by atoms with van der Waals surface area (Å²) in [5.41, 5.74) is 2.46. The third-order valence-corrected chi connectivity index (χ3v) is 4.46. The van der Waals surface area contributed by atoms with Gasteiger partial charge in [-0.1, -0.05) is 23.7 Å². The Balaban J connectivity index is 1.43. The Morgan fingerprint density at radius 2 is 1.84 bits per heavy atom. The Labute approximate surface area is 153 Å². The molecule has 0 aromatic heterocycles.